The van der Waals surface area contributed by atoms with Gasteiger partial charge in [0.2, 0.25) is 5.88 Å². The molecule has 1 aliphatic rings. The number of nitrogens with zero attached hydrogens (tertiary/aromatic N) is 6. The van der Waals surface area contributed by atoms with E-state index >= 15 is 0 Å². The van der Waals surface area contributed by atoms with E-state index in [1.165, 1.54) is 6.07 Å². The molecule has 0 radical (unpaired) electrons. The first-order valence-electron chi connectivity index (χ1n) is 10.7. The van der Waals surface area contributed by atoms with Crippen molar-refractivity contribution >= 4 is 12.2 Å². The Kier molecular flexibility index (Phi) is 5.45. The molecule has 0 aliphatic carbocycles. The molecular formula is C24H22F2N6O. The number of aromatic nitrogens is 6. The van der Waals surface area contributed by atoms with E-state index in [4.69, 9.17) is 4.74 Å². The van der Waals surface area contributed by atoms with Gasteiger partial charge < -0.3 is 9.30 Å². The smallest absolute Gasteiger partial charge is 0.238 e. The first-order chi connectivity index (χ1) is 16.0. The van der Waals surface area contributed by atoms with Crippen LogP contribution in [0.25, 0.3) is 17.8 Å². The van der Waals surface area contributed by atoms with Crippen LogP contribution in [0.1, 0.15) is 47.4 Å². The fourth-order valence-electron chi connectivity index (χ4n) is 4.12. The van der Waals surface area contributed by atoms with Crippen molar-refractivity contribution in [2.75, 3.05) is 7.11 Å². The quantitative estimate of drug-likeness (QED) is 0.448. The molecule has 0 unspecified atom stereocenters. The lowest BCUT2D eigenvalue weighted by Gasteiger charge is -2.22. The Bertz CT molecular complexity index is 1340. The minimum atomic E-state index is -0.461. The number of ether oxygens (including phenoxy) is 1. The van der Waals surface area contributed by atoms with Crippen LogP contribution in [0, 0.1) is 18.6 Å². The highest BCUT2D eigenvalue weighted by molar-refractivity contribution is 5.65. The Morgan fingerprint density at radius 3 is 2.79 bits per heavy atom. The van der Waals surface area contributed by atoms with E-state index in [2.05, 4.69) is 20.1 Å². The van der Waals surface area contributed by atoms with E-state index in [1.807, 2.05) is 29.8 Å². The first kappa shape index (κ1) is 21.0. The topological polar surface area (TPSA) is 70.7 Å². The average Bonchev–Trinajstić information content (AvgIpc) is 3.44. The van der Waals surface area contributed by atoms with Gasteiger partial charge in [-0.05, 0) is 62.2 Å². The Balaban J connectivity index is 1.42. The van der Waals surface area contributed by atoms with Crippen molar-refractivity contribution < 1.29 is 13.5 Å². The lowest BCUT2D eigenvalue weighted by atomic mass is 9.91. The summed E-state index contributed by atoms with van der Waals surface area (Å²) in [6.07, 6.45) is 8.66. The molecule has 7 nitrogen and oxygen atoms in total. The molecule has 168 valence electrons. The van der Waals surface area contributed by atoms with Crippen molar-refractivity contribution in [3.8, 4) is 11.6 Å². The van der Waals surface area contributed by atoms with Crippen LogP contribution in [-0.2, 0) is 6.54 Å². The highest BCUT2D eigenvalue weighted by atomic mass is 19.1. The maximum absolute atomic E-state index is 14.4. The summed E-state index contributed by atoms with van der Waals surface area (Å²) in [5, 5.41) is 4.54. The molecule has 3 aromatic heterocycles. The molecule has 0 fully saturated rings. The molecule has 4 heterocycles. The Morgan fingerprint density at radius 2 is 2.00 bits per heavy atom. The summed E-state index contributed by atoms with van der Waals surface area (Å²) in [7, 11) is 1.57. The van der Waals surface area contributed by atoms with Gasteiger partial charge in [-0.3, -0.25) is 0 Å². The third-order valence-electron chi connectivity index (χ3n) is 5.67. The highest BCUT2D eigenvalue weighted by Gasteiger charge is 2.27. The molecule has 0 spiro atoms. The normalized spacial score (nSPS) is 15.7. The molecule has 0 amide bonds. The molecule has 0 saturated heterocycles. The van der Waals surface area contributed by atoms with Gasteiger partial charge in [0.25, 0.3) is 0 Å². The average molecular weight is 448 g/mol. The van der Waals surface area contributed by atoms with Crippen LogP contribution in [0.3, 0.4) is 0 Å². The number of imidazole rings is 1. The number of aryl methyl sites for hydroxylation is 2. The zero-order valence-electron chi connectivity index (χ0n) is 18.2. The zero-order chi connectivity index (χ0) is 22.9. The van der Waals surface area contributed by atoms with Gasteiger partial charge in [0.15, 0.2) is 5.82 Å². The van der Waals surface area contributed by atoms with Crippen LogP contribution < -0.4 is 4.74 Å². The van der Waals surface area contributed by atoms with Crippen LogP contribution in [0.2, 0.25) is 0 Å². The lowest BCUT2D eigenvalue weighted by molar-refractivity contribution is 0.395. The van der Waals surface area contributed by atoms with Gasteiger partial charge in [-0.15, -0.1) is 0 Å². The summed E-state index contributed by atoms with van der Waals surface area (Å²) in [5.74, 6) is 0.371. The van der Waals surface area contributed by atoms with E-state index in [1.54, 1.807) is 30.3 Å². The van der Waals surface area contributed by atoms with E-state index in [-0.39, 0.29) is 5.92 Å². The third kappa shape index (κ3) is 4.13. The number of methoxy groups -OCH3 is 1. The summed E-state index contributed by atoms with van der Waals surface area (Å²) in [6, 6.07) is 7.31. The Labute approximate surface area is 189 Å². The number of fused-ring (bicyclic) bond motifs is 1. The molecule has 33 heavy (non-hydrogen) atoms. The number of hydrogen-bond donors (Lipinski definition) is 0. The monoisotopic (exact) mass is 448 g/mol. The number of pyridine rings is 1. The van der Waals surface area contributed by atoms with Gasteiger partial charge in [-0.1, -0.05) is 0 Å². The molecule has 0 saturated carbocycles. The predicted octanol–water partition coefficient (Wildman–Crippen LogP) is 4.55. The van der Waals surface area contributed by atoms with Crippen molar-refractivity contribution in [3.63, 3.8) is 0 Å². The van der Waals surface area contributed by atoms with Gasteiger partial charge in [0, 0.05) is 24.2 Å². The molecule has 1 atom stereocenters. The minimum absolute atomic E-state index is 0.315. The van der Waals surface area contributed by atoms with Crippen molar-refractivity contribution in [2.45, 2.75) is 32.2 Å². The van der Waals surface area contributed by atoms with Gasteiger partial charge in [0.05, 0.1) is 24.8 Å². The van der Waals surface area contributed by atoms with E-state index in [9.17, 15) is 8.78 Å². The van der Waals surface area contributed by atoms with Crippen molar-refractivity contribution in [3.05, 3.63) is 83.1 Å². The van der Waals surface area contributed by atoms with Gasteiger partial charge in [-0.25, -0.2) is 28.4 Å². The number of halogens is 2. The Morgan fingerprint density at radius 1 is 1.12 bits per heavy atom. The molecule has 9 heteroatoms. The molecule has 0 N–H and O–H groups in total. The standard InChI is InChI=1S/C24H22F2N6O/c1-15-13-31(14-27-15)21-9-6-17(28-24(21)33-2)7-10-22-29-23-18(4-3-11-32(23)30-22)19-12-16(25)5-8-20(19)26/h5-10,12-14,18H,3-4,11H2,1-2H3/b10-7+/t18-/m1/s1. The lowest BCUT2D eigenvalue weighted by Crippen LogP contribution is -2.19. The fourth-order valence-corrected chi connectivity index (χ4v) is 4.12. The minimum Gasteiger partial charge on any atom is -0.479 e. The van der Waals surface area contributed by atoms with Crippen LogP contribution >= 0.6 is 0 Å². The molecule has 1 aliphatic heterocycles. The molecule has 1 aromatic carbocycles. The predicted molar refractivity (Wildman–Crippen MR) is 119 cm³/mol. The summed E-state index contributed by atoms with van der Waals surface area (Å²) in [4.78, 5) is 13.4. The summed E-state index contributed by atoms with van der Waals surface area (Å²) >= 11 is 0. The van der Waals surface area contributed by atoms with Gasteiger partial charge >= 0.3 is 0 Å². The maximum atomic E-state index is 14.4. The first-order valence-corrected chi connectivity index (χ1v) is 10.7. The molecular weight excluding hydrogens is 426 g/mol. The van der Waals surface area contributed by atoms with Crippen LogP contribution in [0.15, 0.2) is 42.9 Å². The molecule has 4 aromatic rings. The van der Waals surface area contributed by atoms with Gasteiger partial charge in [-0.2, -0.15) is 5.10 Å². The van der Waals surface area contributed by atoms with Gasteiger partial charge in [0.1, 0.15) is 23.1 Å². The SMILES string of the molecule is COc1nc(/C=C/c2nc3n(n2)CCC[C@@H]3c2cc(F)ccc2F)ccc1-n1cnc(C)c1. The molecule has 0 bridgehead atoms. The van der Waals surface area contributed by atoms with Crippen molar-refractivity contribution in [2.24, 2.45) is 0 Å². The summed E-state index contributed by atoms with van der Waals surface area (Å²) < 4.78 is 37.2. The number of hydrogen-bond acceptors (Lipinski definition) is 5. The Hall–Kier alpha value is -3.88. The third-order valence-corrected chi connectivity index (χ3v) is 5.67. The fraction of sp³-hybridized carbons (Fsp3) is 0.250. The van der Waals surface area contributed by atoms with Crippen LogP contribution in [-0.4, -0.2) is 36.4 Å². The van der Waals surface area contributed by atoms with E-state index in [0.29, 0.717) is 41.8 Å². The zero-order valence-corrected chi connectivity index (χ0v) is 18.2. The second-order valence-electron chi connectivity index (χ2n) is 7.93. The number of rotatable bonds is 5. The van der Waals surface area contributed by atoms with Crippen LogP contribution in [0.5, 0.6) is 5.88 Å². The molecule has 5 rings (SSSR count). The van der Waals surface area contributed by atoms with E-state index in [0.717, 1.165) is 29.9 Å². The largest absolute Gasteiger partial charge is 0.479 e. The van der Waals surface area contributed by atoms with Crippen LogP contribution in [0.4, 0.5) is 8.78 Å². The second kappa shape index (κ2) is 8.57. The maximum Gasteiger partial charge on any atom is 0.238 e. The summed E-state index contributed by atoms with van der Waals surface area (Å²) in [6.45, 7) is 2.60. The number of benzene rings is 1. The summed E-state index contributed by atoms with van der Waals surface area (Å²) in [5.41, 5.74) is 2.67. The second-order valence-corrected chi connectivity index (χ2v) is 7.93. The van der Waals surface area contributed by atoms with Crippen molar-refractivity contribution in [1.82, 2.24) is 29.3 Å². The van der Waals surface area contributed by atoms with Crippen molar-refractivity contribution in [1.29, 1.82) is 0 Å². The van der Waals surface area contributed by atoms with E-state index < -0.39 is 11.6 Å². The highest BCUT2D eigenvalue weighted by Crippen LogP contribution is 2.34.